The summed E-state index contributed by atoms with van der Waals surface area (Å²) in [5.74, 6) is -0.636. The minimum atomic E-state index is -0.636. The number of halogens is 2. The van der Waals surface area contributed by atoms with Gasteiger partial charge in [0.1, 0.15) is 0 Å². The van der Waals surface area contributed by atoms with Gasteiger partial charge in [-0.05, 0) is 28.8 Å². The van der Waals surface area contributed by atoms with Crippen LogP contribution in [0.1, 0.15) is 17.9 Å². The molecule has 0 radical (unpaired) electrons. The summed E-state index contributed by atoms with van der Waals surface area (Å²) in [5, 5.41) is -1.13. The first kappa shape index (κ1) is 11.2. The van der Waals surface area contributed by atoms with E-state index in [-0.39, 0.29) is 6.42 Å². The standard InChI is InChI=1S/C10H8Cl2O2/c11-9(13)6-8(10(12)14)7-4-2-1-3-5-7/h1-5,8H,6H2/t8-/m1/s1. The first-order valence-corrected chi connectivity index (χ1v) is 4.79. The molecule has 1 aromatic carbocycles. The SMILES string of the molecule is O=C(Cl)C[C@@H](C(=O)Cl)c1ccccc1. The molecule has 0 bridgehead atoms. The van der Waals surface area contributed by atoms with Gasteiger partial charge in [0.15, 0.2) is 0 Å². The highest BCUT2D eigenvalue weighted by Crippen LogP contribution is 2.23. The van der Waals surface area contributed by atoms with Crippen molar-refractivity contribution in [1.29, 1.82) is 0 Å². The van der Waals surface area contributed by atoms with Crippen LogP contribution in [0.15, 0.2) is 30.3 Å². The summed E-state index contributed by atoms with van der Waals surface area (Å²) in [7, 11) is 0. The molecule has 0 N–H and O–H groups in total. The first-order valence-electron chi connectivity index (χ1n) is 4.04. The molecule has 2 nitrogen and oxygen atoms in total. The Morgan fingerprint density at radius 2 is 1.71 bits per heavy atom. The Morgan fingerprint density at radius 1 is 1.14 bits per heavy atom. The van der Waals surface area contributed by atoms with Crippen LogP contribution in [0.25, 0.3) is 0 Å². The summed E-state index contributed by atoms with van der Waals surface area (Å²) in [6.07, 6.45) is -0.0616. The molecule has 1 rings (SSSR count). The highest BCUT2D eigenvalue weighted by Gasteiger charge is 2.20. The molecule has 0 aliphatic rings. The summed E-state index contributed by atoms with van der Waals surface area (Å²) in [4.78, 5) is 21.7. The number of rotatable bonds is 4. The fourth-order valence-electron chi connectivity index (χ4n) is 1.17. The zero-order chi connectivity index (χ0) is 10.6. The molecule has 0 amide bonds. The second-order valence-electron chi connectivity index (χ2n) is 2.83. The third kappa shape index (κ3) is 3.13. The highest BCUT2D eigenvalue weighted by atomic mass is 35.5. The van der Waals surface area contributed by atoms with Gasteiger partial charge in [0.25, 0.3) is 0 Å². The van der Waals surface area contributed by atoms with Crippen LogP contribution < -0.4 is 0 Å². The topological polar surface area (TPSA) is 34.1 Å². The van der Waals surface area contributed by atoms with Crippen LogP contribution in [-0.4, -0.2) is 10.5 Å². The van der Waals surface area contributed by atoms with Crippen molar-refractivity contribution < 1.29 is 9.59 Å². The predicted octanol–water partition coefficient (Wildman–Crippen LogP) is 2.69. The molecule has 0 spiro atoms. The van der Waals surface area contributed by atoms with E-state index in [0.29, 0.717) is 5.56 Å². The van der Waals surface area contributed by atoms with Crippen LogP contribution >= 0.6 is 23.2 Å². The quantitative estimate of drug-likeness (QED) is 0.746. The van der Waals surface area contributed by atoms with E-state index in [0.717, 1.165) is 0 Å². The van der Waals surface area contributed by atoms with E-state index >= 15 is 0 Å². The van der Waals surface area contributed by atoms with Crippen molar-refractivity contribution in [3.8, 4) is 0 Å². The number of benzene rings is 1. The van der Waals surface area contributed by atoms with Gasteiger partial charge in [-0.25, -0.2) is 0 Å². The molecule has 14 heavy (non-hydrogen) atoms. The Bertz CT molecular complexity index is 335. The van der Waals surface area contributed by atoms with Crippen LogP contribution in [0.4, 0.5) is 0 Å². The van der Waals surface area contributed by atoms with Gasteiger partial charge in [-0.3, -0.25) is 9.59 Å². The van der Waals surface area contributed by atoms with Crippen molar-refractivity contribution in [2.75, 3.05) is 0 Å². The molecule has 0 fully saturated rings. The molecule has 0 saturated heterocycles. The Morgan fingerprint density at radius 3 is 2.14 bits per heavy atom. The average molecular weight is 231 g/mol. The third-order valence-electron chi connectivity index (χ3n) is 1.84. The Hall–Kier alpha value is -0.860. The van der Waals surface area contributed by atoms with Crippen LogP contribution in [0.5, 0.6) is 0 Å². The maximum atomic E-state index is 11.0. The Balaban J connectivity index is 2.89. The normalized spacial score (nSPS) is 12.1. The van der Waals surface area contributed by atoms with Crippen LogP contribution in [-0.2, 0) is 9.59 Å². The summed E-state index contributed by atoms with van der Waals surface area (Å²) >= 11 is 10.6. The zero-order valence-electron chi connectivity index (χ0n) is 7.24. The van der Waals surface area contributed by atoms with Gasteiger partial charge in [0.2, 0.25) is 10.5 Å². The molecular weight excluding hydrogens is 223 g/mol. The van der Waals surface area contributed by atoms with Crippen molar-refractivity contribution in [3.05, 3.63) is 35.9 Å². The summed E-state index contributed by atoms with van der Waals surface area (Å²) in [6, 6.07) is 8.86. The molecule has 0 aliphatic carbocycles. The molecule has 0 unspecified atom stereocenters. The van der Waals surface area contributed by atoms with Gasteiger partial charge >= 0.3 is 0 Å². The number of carbonyl (C=O) groups is 2. The van der Waals surface area contributed by atoms with Gasteiger partial charge in [0, 0.05) is 6.42 Å². The number of hydrogen-bond donors (Lipinski definition) is 0. The fourth-order valence-corrected chi connectivity index (χ4v) is 1.53. The fraction of sp³-hybridized carbons (Fsp3) is 0.200. The lowest BCUT2D eigenvalue weighted by Gasteiger charge is -2.09. The molecule has 74 valence electrons. The summed E-state index contributed by atoms with van der Waals surface area (Å²) in [5.41, 5.74) is 0.710. The van der Waals surface area contributed by atoms with E-state index in [1.807, 2.05) is 6.07 Å². The van der Waals surface area contributed by atoms with E-state index in [9.17, 15) is 9.59 Å². The minimum Gasteiger partial charge on any atom is -0.281 e. The summed E-state index contributed by atoms with van der Waals surface area (Å²) < 4.78 is 0. The average Bonchev–Trinajstić information content (AvgIpc) is 2.15. The van der Waals surface area contributed by atoms with Crippen LogP contribution in [0.2, 0.25) is 0 Å². The molecule has 0 saturated carbocycles. The van der Waals surface area contributed by atoms with Crippen LogP contribution in [0, 0.1) is 0 Å². The Labute approximate surface area is 91.8 Å². The van der Waals surface area contributed by atoms with Crippen molar-refractivity contribution in [2.45, 2.75) is 12.3 Å². The van der Waals surface area contributed by atoms with Gasteiger partial charge in [0.05, 0.1) is 5.92 Å². The van der Waals surface area contributed by atoms with Gasteiger partial charge in [-0.2, -0.15) is 0 Å². The van der Waals surface area contributed by atoms with Crippen LogP contribution in [0.3, 0.4) is 0 Å². The molecule has 0 aromatic heterocycles. The molecular formula is C10H8Cl2O2. The van der Waals surface area contributed by atoms with Crippen molar-refractivity contribution in [1.82, 2.24) is 0 Å². The number of hydrogen-bond acceptors (Lipinski definition) is 2. The van der Waals surface area contributed by atoms with E-state index < -0.39 is 16.4 Å². The number of carbonyl (C=O) groups excluding carboxylic acids is 2. The van der Waals surface area contributed by atoms with Crippen molar-refractivity contribution in [2.24, 2.45) is 0 Å². The minimum absolute atomic E-state index is 0.0616. The van der Waals surface area contributed by atoms with Gasteiger partial charge < -0.3 is 0 Å². The van der Waals surface area contributed by atoms with E-state index in [2.05, 4.69) is 0 Å². The highest BCUT2D eigenvalue weighted by molar-refractivity contribution is 6.67. The molecule has 4 heteroatoms. The van der Waals surface area contributed by atoms with Gasteiger partial charge in [-0.1, -0.05) is 30.3 Å². The molecule has 1 aromatic rings. The molecule has 1 atom stereocenters. The smallest absolute Gasteiger partial charge is 0.229 e. The second-order valence-corrected chi connectivity index (χ2v) is 3.62. The lowest BCUT2D eigenvalue weighted by Crippen LogP contribution is -2.09. The largest absolute Gasteiger partial charge is 0.281 e. The van der Waals surface area contributed by atoms with Crippen molar-refractivity contribution >= 4 is 33.7 Å². The third-order valence-corrected chi connectivity index (χ3v) is 2.26. The molecule has 0 heterocycles. The van der Waals surface area contributed by atoms with Gasteiger partial charge in [-0.15, -0.1) is 0 Å². The zero-order valence-corrected chi connectivity index (χ0v) is 8.76. The van der Waals surface area contributed by atoms with E-state index in [1.165, 1.54) is 0 Å². The Kier molecular flexibility index (Phi) is 4.11. The summed E-state index contributed by atoms with van der Waals surface area (Å²) in [6.45, 7) is 0. The maximum absolute atomic E-state index is 11.0. The lowest BCUT2D eigenvalue weighted by atomic mass is 9.98. The predicted molar refractivity (Wildman–Crippen MR) is 55.5 cm³/mol. The maximum Gasteiger partial charge on any atom is 0.229 e. The lowest BCUT2D eigenvalue weighted by molar-refractivity contribution is -0.117. The molecule has 0 aliphatic heterocycles. The first-order chi connectivity index (χ1) is 6.61. The van der Waals surface area contributed by atoms with E-state index in [4.69, 9.17) is 23.2 Å². The van der Waals surface area contributed by atoms with Crippen molar-refractivity contribution in [3.63, 3.8) is 0 Å². The second kappa shape index (κ2) is 5.13. The van der Waals surface area contributed by atoms with E-state index in [1.54, 1.807) is 24.3 Å². The monoisotopic (exact) mass is 230 g/mol.